The van der Waals surface area contributed by atoms with Crippen molar-refractivity contribution in [3.8, 4) is 0 Å². The molecule has 104 valence electrons. The van der Waals surface area contributed by atoms with Gasteiger partial charge in [-0.05, 0) is 38.5 Å². The van der Waals surface area contributed by atoms with Crippen LogP contribution in [0.15, 0.2) is 24.3 Å². The van der Waals surface area contributed by atoms with Gasteiger partial charge in [0.2, 0.25) is 0 Å². The highest BCUT2D eigenvalue weighted by Gasteiger charge is 2.19. The molecule has 0 atom stereocenters. The number of urea groups is 1. The van der Waals surface area contributed by atoms with E-state index < -0.39 is 5.97 Å². The van der Waals surface area contributed by atoms with Crippen LogP contribution in [0, 0.1) is 0 Å². The van der Waals surface area contributed by atoms with Crippen LogP contribution in [0.2, 0.25) is 0 Å². The summed E-state index contributed by atoms with van der Waals surface area (Å²) in [7, 11) is 0. The number of nitrogens with one attached hydrogen (secondary N) is 2. The molecule has 0 radical (unpaired) electrons. The third-order valence-corrected chi connectivity index (χ3v) is 2.69. The highest BCUT2D eigenvalue weighted by molar-refractivity contribution is 5.93. The number of benzene rings is 1. The molecule has 0 aliphatic rings. The number of carbonyl (C=O) groups is 2. The van der Waals surface area contributed by atoms with Crippen LogP contribution in [-0.2, 0) is 0 Å². The lowest BCUT2D eigenvalue weighted by Gasteiger charge is -2.25. The second kappa shape index (κ2) is 6.22. The van der Waals surface area contributed by atoms with Crippen LogP contribution in [0.3, 0.4) is 0 Å². The van der Waals surface area contributed by atoms with E-state index in [1.54, 1.807) is 12.1 Å². The Morgan fingerprint density at radius 2 is 2.00 bits per heavy atom. The van der Waals surface area contributed by atoms with Gasteiger partial charge in [0.05, 0.1) is 5.56 Å². The van der Waals surface area contributed by atoms with Crippen LogP contribution in [-0.4, -0.2) is 22.6 Å². The lowest BCUT2D eigenvalue weighted by Crippen LogP contribution is -2.45. The topological polar surface area (TPSA) is 78.4 Å². The Morgan fingerprint density at radius 1 is 1.32 bits per heavy atom. The van der Waals surface area contributed by atoms with E-state index in [9.17, 15) is 9.59 Å². The predicted molar refractivity (Wildman–Crippen MR) is 74.5 cm³/mol. The lowest BCUT2D eigenvalue weighted by atomic mass is 9.99. The average molecular weight is 264 g/mol. The van der Waals surface area contributed by atoms with Gasteiger partial charge in [-0.15, -0.1) is 0 Å². The zero-order valence-corrected chi connectivity index (χ0v) is 11.5. The Balaban J connectivity index is 2.67. The average Bonchev–Trinajstić information content (AvgIpc) is 2.27. The van der Waals surface area contributed by atoms with Gasteiger partial charge in [-0.25, -0.2) is 9.59 Å². The number of rotatable bonds is 5. The minimum Gasteiger partial charge on any atom is -0.478 e. The number of carbonyl (C=O) groups excluding carboxylic acids is 1. The quantitative estimate of drug-likeness (QED) is 0.764. The molecule has 1 aromatic rings. The number of anilines is 1. The van der Waals surface area contributed by atoms with Crippen molar-refractivity contribution < 1.29 is 14.7 Å². The van der Waals surface area contributed by atoms with Crippen molar-refractivity contribution >= 4 is 17.7 Å². The maximum atomic E-state index is 11.8. The molecule has 5 nitrogen and oxygen atoms in total. The summed E-state index contributed by atoms with van der Waals surface area (Å²) in [5, 5.41) is 14.4. The van der Waals surface area contributed by atoms with Crippen molar-refractivity contribution in [2.75, 3.05) is 5.32 Å². The van der Waals surface area contributed by atoms with Crippen molar-refractivity contribution in [1.29, 1.82) is 0 Å². The van der Waals surface area contributed by atoms with Crippen molar-refractivity contribution in [3.63, 3.8) is 0 Å². The van der Waals surface area contributed by atoms with Crippen molar-refractivity contribution in [3.05, 3.63) is 29.8 Å². The van der Waals surface area contributed by atoms with Gasteiger partial charge in [-0.3, -0.25) is 0 Å². The Morgan fingerprint density at radius 3 is 2.58 bits per heavy atom. The molecule has 0 aliphatic heterocycles. The molecule has 0 spiro atoms. The first-order valence-corrected chi connectivity index (χ1v) is 6.26. The Labute approximate surface area is 113 Å². The zero-order chi connectivity index (χ0) is 14.5. The van der Waals surface area contributed by atoms with Gasteiger partial charge in [0, 0.05) is 11.2 Å². The fourth-order valence-electron chi connectivity index (χ4n) is 1.89. The van der Waals surface area contributed by atoms with Gasteiger partial charge in [0.25, 0.3) is 0 Å². The number of aromatic carboxylic acids is 1. The summed E-state index contributed by atoms with van der Waals surface area (Å²) in [6.07, 6.45) is 1.84. The minimum absolute atomic E-state index is 0.144. The third-order valence-electron chi connectivity index (χ3n) is 2.69. The molecule has 0 fully saturated rings. The van der Waals surface area contributed by atoms with E-state index in [4.69, 9.17) is 5.11 Å². The molecule has 1 aromatic carbocycles. The van der Waals surface area contributed by atoms with Crippen LogP contribution in [0.1, 0.15) is 44.0 Å². The largest absolute Gasteiger partial charge is 0.478 e. The first-order valence-electron chi connectivity index (χ1n) is 6.26. The maximum absolute atomic E-state index is 11.8. The Bertz CT molecular complexity index is 470. The summed E-state index contributed by atoms with van der Waals surface area (Å²) in [5.41, 5.74) is 0.318. The predicted octanol–water partition coefficient (Wildman–Crippen LogP) is 3.09. The molecular weight excluding hydrogens is 244 g/mol. The minimum atomic E-state index is -1.02. The molecular formula is C14H20N2O3. The van der Waals surface area contributed by atoms with Crippen molar-refractivity contribution in [2.45, 2.75) is 39.2 Å². The highest BCUT2D eigenvalue weighted by atomic mass is 16.4. The van der Waals surface area contributed by atoms with E-state index in [-0.39, 0.29) is 17.1 Å². The number of carboxylic acid groups (broad SMARTS) is 1. The molecule has 0 aliphatic carbocycles. The molecule has 19 heavy (non-hydrogen) atoms. The van der Waals surface area contributed by atoms with E-state index in [0.717, 1.165) is 12.8 Å². The van der Waals surface area contributed by atoms with Crippen LogP contribution < -0.4 is 10.6 Å². The van der Waals surface area contributed by atoms with E-state index in [0.29, 0.717) is 5.69 Å². The fourth-order valence-corrected chi connectivity index (χ4v) is 1.89. The molecule has 1 rings (SSSR count). The molecule has 0 aromatic heterocycles. The normalized spacial score (nSPS) is 10.9. The van der Waals surface area contributed by atoms with E-state index in [2.05, 4.69) is 17.6 Å². The molecule has 0 saturated carbocycles. The summed E-state index contributed by atoms with van der Waals surface area (Å²) < 4.78 is 0. The van der Waals surface area contributed by atoms with Gasteiger partial charge in [0.1, 0.15) is 0 Å². The van der Waals surface area contributed by atoms with Crippen LogP contribution in [0.5, 0.6) is 0 Å². The lowest BCUT2D eigenvalue weighted by molar-refractivity contribution is 0.0697. The van der Waals surface area contributed by atoms with Crippen LogP contribution >= 0.6 is 0 Å². The smallest absolute Gasteiger partial charge is 0.335 e. The van der Waals surface area contributed by atoms with Gasteiger partial charge < -0.3 is 15.7 Å². The molecule has 3 N–H and O–H groups in total. The second-order valence-electron chi connectivity index (χ2n) is 5.10. The first kappa shape index (κ1) is 15.0. The van der Waals surface area contributed by atoms with Gasteiger partial charge in [-0.2, -0.15) is 0 Å². The summed E-state index contributed by atoms with van der Waals surface area (Å²) >= 11 is 0. The number of amides is 2. The van der Waals surface area contributed by atoms with Crippen molar-refractivity contribution in [2.24, 2.45) is 0 Å². The molecule has 5 heteroatoms. The van der Waals surface area contributed by atoms with E-state index in [1.807, 2.05) is 13.8 Å². The molecule has 0 bridgehead atoms. The van der Waals surface area contributed by atoms with Gasteiger partial charge >= 0.3 is 12.0 Å². The Kier molecular flexibility index (Phi) is 4.92. The summed E-state index contributed by atoms with van der Waals surface area (Å²) in [4.78, 5) is 22.6. The van der Waals surface area contributed by atoms with Gasteiger partial charge in [0.15, 0.2) is 0 Å². The van der Waals surface area contributed by atoms with Crippen LogP contribution in [0.25, 0.3) is 0 Å². The number of hydrogen-bond acceptors (Lipinski definition) is 2. The maximum Gasteiger partial charge on any atom is 0.335 e. The molecule has 0 unspecified atom stereocenters. The SMILES string of the molecule is CCCC(C)(C)NC(=O)Nc1cccc(C(=O)O)c1. The highest BCUT2D eigenvalue weighted by Crippen LogP contribution is 2.13. The number of hydrogen-bond donors (Lipinski definition) is 3. The van der Waals surface area contributed by atoms with Crippen LogP contribution in [0.4, 0.5) is 10.5 Å². The summed E-state index contributed by atoms with van der Waals surface area (Å²) in [6.45, 7) is 5.95. The summed E-state index contributed by atoms with van der Waals surface area (Å²) in [6, 6.07) is 5.82. The summed E-state index contributed by atoms with van der Waals surface area (Å²) in [5.74, 6) is -1.02. The van der Waals surface area contributed by atoms with E-state index in [1.165, 1.54) is 12.1 Å². The van der Waals surface area contributed by atoms with Gasteiger partial charge in [-0.1, -0.05) is 19.4 Å². The standard InChI is InChI=1S/C14H20N2O3/c1-4-8-14(2,3)16-13(19)15-11-7-5-6-10(9-11)12(17)18/h5-7,9H,4,8H2,1-3H3,(H,17,18)(H2,15,16,19). The molecule has 0 heterocycles. The molecule has 2 amide bonds. The monoisotopic (exact) mass is 264 g/mol. The zero-order valence-electron chi connectivity index (χ0n) is 11.5. The molecule has 0 saturated heterocycles. The first-order chi connectivity index (χ1) is 8.84. The fraction of sp³-hybridized carbons (Fsp3) is 0.429. The van der Waals surface area contributed by atoms with E-state index >= 15 is 0 Å². The van der Waals surface area contributed by atoms with Crippen molar-refractivity contribution in [1.82, 2.24) is 5.32 Å². The second-order valence-corrected chi connectivity index (χ2v) is 5.10. The Hall–Kier alpha value is -2.04. The number of carboxylic acids is 1. The third kappa shape index (κ3) is 4.99.